The van der Waals surface area contributed by atoms with Crippen LogP contribution in [-0.2, 0) is 13.1 Å². The Morgan fingerprint density at radius 3 is 2.50 bits per heavy atom. The molecular weight excluding hydrogens is 425 g/mol. The molecule has 166 valence electrons. The van der Waals surface area contributed by atoms with E-state index in [9.17, 15) is 4.39 Å². The Balaban J connectivity index is 1.31. The summed E-state index contributed by atoms with van der Waals surface area (Å²) in [4.78, 5) is 6.86. The van der Waals surface area contributed by atoms with Gasteiger partial charge in [0.1, 0.15) is 11.6 Å². The van der Waals surface area contributed by atoms with Crippen molar-refractivity contribution in [2.45, 2.75) is 75.9 Å². The maximum atomic E-state index is 14.2. The van der Waals surface area contributed by atoms with Crippen LogP contribution in [0, 0.1) is 5.82 Å². The van der Waals surface area contributed by atoms with Gasteiger partial charge in [-0.3, -0.25) is 14.5 Å². The Labute approximate surface area is 192 Å². The standard InChI is InChI=1S/C25H27ClFN5/c26-19-10-11-22-18(13-19)14-31(20-3-1-4-20)15-23-29-30-25(32(22)23)17-8-6-16(7-9-17)24-21(27)5-2-12-28-24/h2,5,10-13,16-17,20H,1,3-4,6-9,14-15H2. The number of hydrogen-bond acceptors (Lipinski definition) is 4. The molecule has 2 fully saturated rings. The fourth-order valence-electron chi connectivity index (χ4n) is 5.65. The molecule has 0 spiro atoms. The molecule has 32 heavy (non-hydrogen) atoms. The number of halogens is 2. The van der Waals surface area contributed by atoms with E-state index >= 15 is 0 Å². The molecule has 0 unspecified atom stereocenters. The zero-order valence-electron chi connectivity index (χ0n) is 18.1. The van der Waals surface area contributed by atoms with Crippen LogP contribution in [0.4, 0.5) is 4.39 Å². The maximum Gasteiger partial charge on any atom is 0.151 e. The summed E-state index contributed by atoms with van der Waals surface area (Å²) in [6, 6.07) is 9.98. The van der Waals surface area contributed by atoms with E-state index in [-0.39, 0.29) is 11.7 Å². The topological polar surface area (TPSA) is 46.8 Å². The van der Waals surface area contributed by atoms with Crippen LogP contribution < -0.4 is 0 Å². The molecule has 3 aliphatic rings. The van der Waals surface area contributed by atoms with E-state index < -0.39 is 0 Å². The summed E-state index contributed by atoms with van der Waals surface area (Å²) < 4.78 is 16.5. The van der Waals surface area contributed by atoms with E-state index in [0.29, 0.717) is 17.7 Å². The van der Waals surface area contributed by atoms with Crippen molar-refractivity contribution in [3.05, 3.63) is 70.3 Å². The summed E-state index contributed by atoms with van der Waals surface area (Å²) in [5, 5.41) is 10.1. The first kappa shape index (κ1) is 20.3. The van der Waals surface area contributed by atoms with Gasteiger partial charge in [-0.2, -0.15) is 0 Å². The first-order valence-corrected chi connectivity index (χ1v) is 12.1. The highest BCUT2D eigenvalue weighted by Crippen LogP contribution is 2.42. The monoisotopic (exact) mass is 451 g/mol. The lowest BCUT2D eigenvalue weighted by molar-refractivity contribution is 0.110. The van der Waals surface area contributed by atoms with Crippen LogP contribution in [0.25, 0.3) is 5.69 Å². The van der Waals surface area contributed by atoms with Crippen LogP contribution in [0.5, 0.6) is 0 Å². The summed E-state index contributed by atoms with van der Waals surface area (Å²) in [6.07, 6.45) is 9.28. The minimum Gasteiger partial charge on any atom is -0.289 e. The Bertz CT molecular complexity index is 1130. The second-order valence-corrected chi connectivity index (χ2v) is 9.93. The number of hydrogen-bond donors (Lipinski definition) is 0. The van der Waals surface area contributed by atoms with Crippen molar-refractivity contribution in [2.75, 3.05) is 0 Å². The largest absolute Gasteiger partial charge is 0.289 e. The molecule has 3 heterocycles. The minimum atomic E-state index is -0.186. The van der Waals surface area contributed by atoms with Gasteiger partial charge in [0.25, 0.3) is 0 Å². The molecule has 2 saturated carbocycles. The van der Waals surface area contributed by atoms with Gasteiger partial charge in [0.05, 0.1) is 17.9 Å². The summed E-state index contributed by atoms with van der Waals surface area (Å²) in [5.41, 5.74) is 3.01. The number of fused-ring (bicyclic) bond motifs is 3. The average molecular weight is 452 g/mol. The van der Waals surface area contributed by atoms with Crippen LogP contribution in [0.3, 0.4) is 0 Å². The van der Waals surface area contributed by atoms with Crippen molar-refractivity contribution in [3.8, 4) is 5.69 Å². The summed E-state index contributed by atoms with van der Waals surface area (Å²) in [7, 11) is 0. The minimum absolute atomic E-state index is 0.180. The number of pyridine rings is 1. The average Bonchev–Trinajstić information content (AvgIpc) is 3.10. The first-order valence-electron chi connectivity index (χ1n) is 11.7. The van der Waals surface area contributed by atoms with Gasteiger partial charge in [-0.25, -0.2) is 4.39 Å². The second kappa shape index (κ2) is 8.23. The number of benzene rings is 1. The summed E-state index contributed by atoms with van der Waals surface area (Å²) in [6.45, 7) is 1.72. The molecule has 0 bridgehead atoms. The van der Waals surface area contributed by atoms with Crippen molar-refractivity contribution in [3.63, 3.8) is 0 Å². The van der Waals surface area contributed by atoms with Gasteiger partial charge >= 0.3 is 0 Å². The van der Waals surface area contributed by atoms with Gasteiger partial charge in [-0.15, -0.1) is 10.2 Å². The third-order valence-electron chi connectivity index (χ3n) is 7.61. The molecule has 0 N–H and O–H groups in total. The van der Waals surface area contributed by atoms with E-state index in [2.05, 4.69) is 31.7 Å². The zero-order valence-corrected chi connectivity index (χ0v) is 18.8. The van der Waals surface area contributed by atoms with E-state index in [0.717, 1.165) is 61.1 Å². The van der Waals surface area contributed by atoms with Gasteiger partial charge in [-0.1, -0.05) is 18.0 Å². The third-order valence-corrected chi connectivity index (χ3v) is 7.85. The summed E-state index contributed by atoms with van der Waals surface area (Å²) in [5.74, 6) is 2.37. The Morgan fingerprint density at radius 2 is 1.75 bits per heavy atom. The van der Waals surface area contributed by atoms with Gasteiger partial charge in [-0.05, 0) is 74.4 Å². The highest BCUT2D eigenvalue weighted by atomic mass is 35.5. The molecule has 6 rings (SSSR count). The zero-order chi connectivity index (χ0) is 21.7. The van der Waals surface area contributed by atoms with Crippen LogP contribution >= 0.6 is 11.6 Å². The maximum absolute atomic E-state index is 14.2. The van der Waals surface area contributed by atoms with Crippen LogP contribution in [0.1, 0.15) is 79.7 Å². The van der Waals surface area contributed by atoms with Crippen LogP contribution in [-0.4, -0.2) is 30.7 Å². The fraction of sp³-hybridized carbons (Fsp3) is 0.480. The van der Waals surface area contributed by atoms with E-state index in [1.54, 1.807) is 12.3 Å². The molecule has 2 aliphatic carbocycles. The van der Waals surface area contributed by atoms with Crippen molar-refractivity contribution >= 4 is 11.6 Å². The Kier molecular flexibility index (Phi) is 5.22. The first-order chi connectivity index (χ1) is 15.7. The molecular formula is C25H27ClFN5. The van der Waals surface area contributed by atoms with Gasteiger partial charge in [0, 0.05) is 35.6 Å². The highest BCUT2D eigenvalue weighted by molar-refractivity contribution is 6.30. The fourth-order valence-corrected chi connectivity index (χ4v) is 5.84. The summed E-state index contributed by atoms with van der Waals surface area (Å²) >= 11 is 6.39. The highest BCUT2D eigenvalue weighted by Gasteiger charge is 2.34. The lowest BCUT2D eigenvalue weighted by Crippen LogP contribution is -2.38. The molecule has 1 aromatic carbocycles. The van der Waals surface area contributed by atoms with E-state index in [1.807, 2.05) is 6.07 Å². The lowest BCUT2D eigenvalue weighted by Gasteiger charge is -2.36. The molecule has 0 atom stereocenters. The molecule has 0 radical (unpaired) electrons. The van der Waals surface area contributed by atoms with Crippen molar-refractivity contribution in [1.29, 1.82) is 0 Å². The molecule has 0 amide bonds. The molecule has 3 aromatic rings. The predicted molar refractivity (Wildman–Crippen MR) is 121 cm³/mol. The number of rotatable bonds is 3. The van der Waals surface area contributed by atoms with Crippen molar-refractivity contribution in [2.24, 2.45) is 0 Å². The second-order valence-electron chi connectivity index (χ2n) is 9.49. The van der Waals surface area contributed by atoms with Crippen molar-refractivity contribution in [1.82, 2.24) is 24.6 Å². The van der Waals surface area contributed by atoms with Gasteiger partial charge in [0.2, 0.25) is 0 Å². The number of nitrogens with zero attached hydrogens (tertiary/aromatic N) is 5. The quantitative estimate of drug-likeness (QED) is 0.507. The van der Waals surface area contributed by atoms with Gasteiger partial charge < -0.3 is 0 Å². The van der Waals surface area contributed by atoms with Crippen LogP contribution in [0.15, 0.2) is 36.5 Å². The molecule has 1 aliphatic heterocycles. The van der Waals surface area contributed by atoms with Crippen LogP contribution in [0.2, 0.25) is 5.02 Å². The predicted octanol–water partition coefficient (Wildman–Crippen LogP) is 5.76. The normalized spacial score (nSPS) is 23.8. The van der Waals surface area contributed by atoms with E-state index in [1.165, 1.54) is 30.9 Å². The Morgan fingerprint density at radius 1 is 0.938 bits per heavy atom. The Hall–Kier alpha value is -2.31. The molecule has 5 nitrogen and oxygen atoms in total. The lowest BCUT2D eigenvalue weighted by atomic mass is 9.79. The number of aromatic nitrogens is 4. The molecule has 2 aromatic heterocycles. The molecule has 0 saturated heterocycles. The van der Waals surface area contributed by atoms with Gasteiger partial charge in [0.15, 0.2) is 5.82 Å². The van der Waals surface area contributed by atoms with E-state index in [4.69, 9.17) is 16.7 Å². The smallest absolute Gasteiger partial charge is 0.151 e. The third kappa shape index (κ3) is 3.54. The molecule has 7 heteroatoms. The van der Waals surface area contributed by atoms with Crippen molar-refractivity contribution < 1.29 is 4.39 Å². The SMILES string of the molecule is Fc1cccnc1C1CCC(c2nnc3n2-c2ccc(Cl)cc2CN(C2CCC2)C3)CC1.